The molecule has 1 fully saturated rings. The lowest BCUT2D eigenvalue weighted by atomic mass is 9.76. The molecule has 3 atom stereocenters. The first-order valence-electron chi connectivity index (χ1n) is 10.5. The zero-order valence-corrected chi connectivity index (χ0v) is 17.9. The molecule has 3 rings (SSSR count). The van der Waals surface area contributed by atoms with Crippen LogP contribution in [0.4, 0.5) is 18.9 Å². The van der Waals surface area contributed by atoms with Gasteiger partial charge in [-0.2, -0.15) is 13.2 Å². The Kier molecular flexibility index (Phi) is 7.06. The number of rotatable bonds is 4. The summed E-state index contributed by atoms with van der Waals surface area (Å²) in [6.07, 6.45) is -0.317. The number of benzene rings is 1. The maximum Gasteiger partial charge on any atom is 0.417 e. The van der Waals surface area contributed by atoms with Crippen LogP contribution in [0.1, 0.15) is 55.3 Å². The summed E-state index contributed by atoms with van der Waals surface area (Å²) in [5, 5.41) is 4.77. The normalized spacial score (nSPS) is 19.8. The highest BCUT2D eigenvalue weighted by atomic mass is 19.4. The van der Waals surface area contributed by atoms with Gasteiger partial charge in [0, 0.05) is 6.20 Å². The molecule has 1 aromatic heterocycles. The highest BCUT2D eigenvalue weighted by molar-refractivity contribution is 6.39. The van der Waals surface area contributed by atoms with Gasteiger partial charge in [0.1, 0.15) is 5.69 Å². The van der Waals surface area contributed by atoms with Crippen LogP contribution < -0.4 is 16.2 Å². The van der Waals surface area contributed by atoms with E-state index in [1.807, 2.05) is 41.5 Å². The van der Waals surface area contributed by atoms with E-state index in [0.717, 1.165) is 36.8 Å². The third-order valence-corrected chi connectivity index (χ3v) is 5.94. The van der Waals surface area contributed by atoms with Crippen LogP contribution >= 0.6 is 0 Å². The molecule has 0 bridgehead atoms. The first kappa shape index (κ1) is 23.6. The van der Waals surface area contributed by atoms with E-state index in [1.165, 1.54) is 0 Å². The number of amides is 2. The van der Waals surface area contributed by atoms with Crippen LogP contribution in [-0.4, -0.2) is 16.8 Å². The molecular weight excluding hydrogens is 423 g/mol. The number of pyridine rings is 1. The minimum absolute atomic E-state index is 0.119. The Labute approximate surface area is 183 Å². The number of aryl methyl sites for hydroxylation is 1. The van der Waals surface area contributed by atoms with Crippen molar-refractivity contribution in [3.63, 3.8) is 0 Å². The van der Waals surface area contributed by atoms with Crippen molar-refractivity contribution in [3.8, 4) is 0 Å². The zero-order chi connectivity index (χ0) is 23.5. The number of alkyl halides is 3. The Bertz CT molecular complexity index is 1050. The molecule has 6 nitrogen and oxygen atoms in total. The summed E-state index contributed by atoms with van der Waals surface area (Å²) < 4.78 is 38.7. The largest absolute Gasteiger partial charge is 0.417 e. The smallest absolute Gasteiger partial charge is 0.341 e. The van der Waals surface area contributed by atoms with E-state index in [4.69, 9.17) is 0 Å². The van der Waals surface area contributed by atoms with Gasteiger partial charge in [0.25, 0.3) is 5.56 Å². The van der Waals surface area contributed by atoms with Gasteiger partial charge in [-0.05, 0) is 48.8 Å². The highest BCUT2D eigenvalue weighted by Gasteiger charge is 2.33. The number of H-pyrrole nitrogens is 1. The second kappa shape index (κ2) is 9.58. The van der Waals surface area contributed by atoms with Crippen molar-refractivity contribution in [1.82, 2.24) is 10.3 Å². The topological polar surface area (TPSA) is 91.1 Å². The summed E-state index contributed by atoms with van der Waals surface area (Å²) in [6, 6.07) is 7.64. The molecule has 3 N–H and O–H groups in total. The van der Waals surface area contributed by atoms with Crippen LogP contribution in [-0.2, 0) is 15.8 Å². The fourth-order valence-corrected chi connectivity index (χ4v) is 4.30. The fraction of sp³-hybridized carbons (Fsp3) is 0.435. The van der Waals surface area contributed by atoms with Crippen molar-refractivity contribution in [1.29, 1.82) is 0 Å². The predicted molar refractivity (Wildman–Crippen MR) is 114 cm³/mol. The Morgan fingerprint density at radius 3 is 2.53 bits per heavy atom. The van der Waals surface area contributed by atoms with Gasteiger partial charge in [0.15, 0.2) is 0 Å². The van der Waals surface area contributed by atoms with Crippen LogP contribution in [0.25, 0.3) is 0 Å². The molecule has 2 aromatic rings. The standard InChI is InChI=1S/C23H26F3N3O3/c1-13-6-5-8-15(10-13)19(17-9-4-3-7-14(17)2)29-22(32)21(31)28-18-11-16(23(24,25)26)12-27-20(18)30/h3-4,7,9,11-13,15,19H,5-6,8,10H2,1-2H3,(H,27,30)(H,28,31)(H,29,32)/t13-,15-,19+/m0/s1. The summed E-state index contributed by atoms with van der Waals surface area (Å²) in [5.74, 6) is -1.60. The Balaban J connectivity index is 1.81. The molecule has 1 aliphatic carbocycles. The minimum atomic E-state index is -4.71. The second-order valence-corrected chi connectivity index (χ2v) is 8.42. The number of hydrogen-bond donors (Lipinski definition) is 3. The van der Waals surface area contributed by atoms with E-state index in [-0.39, 0.29) is 5.92 Å². The lowest BCUT2D eigenvalue weighted by molar-refractivity contribution is -0.138. The van der Waals surface area contributed by atoms with Gasteiger partial charge in [-0.3, -0.25) is 14.4 Å². The number of aromatic amines is 1. The van der Waals surface area contributed by atoms with E-state index in [0.29, 0.717) is 18.2 Å². The van der Waals surface area contributed by atoms with Crippen molar-refractivity contribution in [3.05, 3.63) is 63.6 Å². The fourth-order valence-electron chi connectivity index (χ4n) is 4.30. The van der Waals surface area contributed by atoms with Crippen molar-refractivity contribution >= 4 is 17.5 Å². The predicted octanol–water partition coefficient (Wildman–Crippen LogP) is 4.32. The molecule has 1 heterocycles. The molecule has 9 heteroatoms. The van der Waals surface area contributed by atoms with Crippen LogP contribution in [0.5, 0.6) is 0 Å². The molecule has 32 heavy (non-hydrogen) atoms. The van der Waals surface area contributed by atoms with E-state index in [1.54, 1.807) is 0 Å². The minimum Gasteiger partial charge on any atom is -0.341 e. The Hall–Kier alpha value is -3.10. The molecule has 1 saturated carbocycles. The highest BCUT2D eigenvalue weighted by Crippen LogP contribution is 2.38. The maximum atomic E-state index is 12.9. The summed E-state index contributed by atoms with van der Waals surface area (Å²) in [5.41, 5.74) is -0.855. The van der Waals surface area contributed by atoms with Gasteiger partial charge < -0.3 is 15.6 Å². The average molecular weight is 449 g/mol. The van der Waals surface area contributed by atoms with E-state index in [9.17, 15) is 27.6 Å². The molecule has 0 unspecified atom stereocenters. The van der Waals surface area contributed by atoms with Gasteiger partial charge in [-0.1, -0.05) is 44.0 Å². The Morgan fingerprint density at radius 1 is 1.16 bits per heavy atom. The monoisotopic (exact) mass is 449 g/mol. The molecule has 1 aromatic carbocycles. The van der Waals surface area contributed by atoms with Crippen molar-refractivity contribution < 1.29 is 22.8 Å². The Morgan fingerprint density at radius 2 is 1.88 bits per heavy atom. The lowest BCUT2D eigenvalue weighted by Crippen LogP contribution is -2.42. The van der Waals surface area contributed by atoms with E-state index < -0.39 is 40.8 Å². The number of nitrogens with one attached hydrogen (secondary N) is 3. The number of carbonyl (C=O) groups excluding carboxylic acids is 2. The van der Waals surface area contributed by atoms with Gasteiger partial charge in [0.2, 0.25) is 0 Å². The number of carbonyl (C=O) groups is 2. The second-order valence-electron chi connectivity index (χ2n) is 8.42. The van der Waals surface area contributed by atoms with Crippen LogP contribution in [0.3, 0.4) is 0 Å². The molecule has 1 aliphatic rings. The van der Waals surface area contributed by atoms with E-state index >= 15 is 0 Å². The molecule has 172 valence electrons. The van der Waals surface area contributed by atoms with Crippen molar-refractivity contribution in [2.45, 2.75) is 51.7 Å². The number of anilines is 1. The van der Waals surface area contributed by atoms with Gasteiger partial charge in [-0.15, -0.1) is 0 Å². The average Bonchev–Trinajstić information content (AvgIpc) is 2.73. The summed E-state index contributed by atoms with van der Waals surface area (Å²) in [7, 11) is 0. The maximum absolute atomic E-state index is 12.9. The van der Waals surface area contributed by atoms with Crippen LogP contribution in [0.2, 0.25) is 0 Å². The number of halogens is 3. The number of aromatic nitrogens is 1. The first-order chi connectivity index (χ1) is 15.1. The lowest BCUT2D eigenvalue weighted by Gasteiger charge is -2.34. The molecule has 0 radical (unpaired) electrons. The zero-order valence-electron chi connectivity index (χ0n) is 17.9. The molecule has 0 spiro atoms. The van der Waals surface area contributed by atoms with Gasteiger partial charge in [-0.25, -0.2) is 0 Å². The van der Waals surface area contributed by atoms with Crippen LogP contribution in [0, 0.1) is 18.8 Å². The quantitative estimate of drug-likeness (QED) is 0.607. The summed E-state index contributed by atoms with van der Waals surface area (Å²) in [4.78, 5) is 39.0. The van der Waals surface area contributed by atoms with Gasteiger partial charge >= 0.3 is 18.0 Å². The van der Waals surface area contributed by atoms with E-state index in [2.05, 4.69) is 12.2 Å². The van der Waals surface area contributed by atoms with Crippen molar-refractivity contribution in [2.24, 2.45) is 11.8 Å². The summed E-state index contributed by atoms with van der Waals surface area (Å²) >= 11 is 0. The van der Waals surface area contributed by atoms with Gasteiger partial charge in [0.05, 0.1) is 11.6 Å². The molecule has 2 amide bonds. The molecule has 0 saturated heterocycles. The molecular formula is C23H26F3N3O3. The van der Waals surface area contributed by atoms with Crippen LogP contribution in [0.15, 0.2) is 41.3 Å². The van der Waals surface area contributed by atoms with Crippen molar-refractivity contribution in [2.75, 3.05) is 5.32 Å². The number of hydrogen-bond acceptors (Lipinski definition) is 3. The first-order valence-corrected chi connectivity index (χ1v) is 10.5. The summed E-state index contributed by atoms with van der Waals surface area (Å²) in [6.45, 7) is 4.07. The SMILES string of the molecule is Cc1ccccc1[C@H](NC(=O)C(=O)Nc1cc(C(F)(F)F)c[nH]c1=O)[C@H]1CCC[C@H](C)C1. The third-order valence-electron chi connectivity index (χ3n) is 5.94. The molecule has 0 aliphatic heterocycles. The third kappa shape index (κ3) is 5.57.